The SMILES string of the molecule is CC(C)S(OCCC1CN(C(=O)OC(C)(C)C)C2CNCCC12)(C(C)C)C(C)C. The average molecular weight is 431 g/mol. The van der Waals surface area contributed by atoms with Crippen LogP contribution in [0.5, 0.6) is 0 Å². The van der Waals surface area contributed by atoms with Gasteiger partial charge < -0.3 is 19.1 Å². The number of amides is 1. The zero-order valence-corrected chi connectivity index (χ0v) is 21.1. The molecule has 0 radical (unpaired) electrons. The van der Waals surface area contributed by atoms with Crippen LogP contribution in [0, 0.1) is 11.8 Å². The summed E-state index contributed by atoms with van der Waals surface area (Å²) < 4.78 is 12.5. The van der Waals surface area contributed by atoms with Crippen molar-refractivity contribution in [2.24, 2.45) is 11.8 Å². The molecule has 2 aliphatic rings. The van der Waals surface area contributed by atoms with Crippen molar-refractivity contribution < 1.29 is 13.7 Å². The first-order valence-corrected chi connectivity index (χ1v) is 13.3. The molecule has 2 fully saturated rings. The van der Waals surface area contributed by atoms with Crippen LogP contribution in [0.4, 0.5) is 4.79 Å². The summed E-state index contributed by atoms with van der Waals surface area (Å²) >= 11 is 0. The van der Waals surface area contributed by atoms with Crippen molar-refractivity contribution >= 4 is 16.4 Å². The second-order valence-electron chi connectivity index (χ2n) is 10.6. The summed E-state index contributed by atoms with van der Waals surface area (Å²) in [5.74, 6) is 1.05. The molecular weight excluding hydrogens is 384 g/mol. The Kier molecular flexibility index (Phi) is 8.36. The van der Waals surface area contributed by atoms with Crippen LogP contribution in [0.1, 0.15) is 75.2 Å². The molecule has 2 heterocycles. The number of piperidine rings is 1. The van der Waals surface area contributed by atoms with Gasteiger partial charge in [0.1, 0.15) is 5.60 Å². The highest BCUT2D eigenvalue weighted by molar-refractivity contribution is 8.31. The van der Waals surface area contributed by atoms with E-state index in [1.807, 2.05) is 25.7 Å². The Morgan fingerprint density at radius 1 is 1.10 bits per heavy atom. The van der Waals surface area contributed by atoms with Gasteiger partial charge in [0.2, 0.25) is 0 Å². The van der Waals surface area contributed by atoms with Crippen LogP contribution in [0.3, 0.4) is 0 Å². The lowest BCUT2D eigenvalue weighted by molar-refractivity contribution is 0.0194. The number of fused-ring (bicyclic) bond motifs is 1. The van der Waals surface area contributed by atoms with Crippen LogP contribution in [0.25, 0.3) is 0 Å². The van der Waals surface area contributed by atoms with E-state index < -0.39 is 15.9 Å². The molecule has 0 aromatic carbocycles. The van der Waals surface area contributed by atoms with Crippen molar-refractivity contribution in [2.45, 2.75) is 103 Å². The Bertz CT molecular complexity index is 523. The van der Waals surface area contributed by atoms with Gasteiger partial charge in [-0.1, -0.05) is 41.5 Å². The number of ether oxygens (including phenoxy) is 1. The van der Waals surface area contributed by atoms with Crippen molar-refractivity contribution in [3.8, 4) is 0 Å². The molecule has 6 heteroatoms. The van der Waals surface area contributed by atoms with Gasteiger partial charge in [-0.2, -0.15) is 0 Å². The Balaban J connectivity index is 2.05. The molecule has 2 aliphatic heterocycles. The number of carbonyl (C=O) groups is 1. The number of nitrogens with zero attached hydrogens (tertiary/aromatic N) is 1. The predicted molar refractivity (Wildman–Crippen MR) is 125 cm³/mol. The van der Waals surface area contributed by atoms with E-state index in [0.29, 0.717) is 27.6 Å². The Hall–Kier alpha value is -0.460. The zero-order valence-electron chi connectivity index (χ0n) is 20.3. The summed E-state index contributed by atoms with van der Waals surface area (Å²) in [7, 11) is -1.14. The third-order valence-electron chi connectivity index (χ3n) is 6.55. The number of rotatable bonds is 7. The van der Waals surface area contributed by atoms with Crippen molar-refractivity contribution in [3.05, 3.63) is 0 Å². The van der Waals surface area contributed by atoms with Crippen LogP contribution in [0.15, 0.2) is 0 Å². The fourth-order valence-electron chi connectivity index (χ4n) is 5.50. The second-order valence-corrected chi connectivity index (χ2v) is 15.0. The van der Waals surface area contributed by atoms with Crippen molar-refractivity contribution in [3.63, 3.8) is 0 Å². The van der Waals surface area contributed by atoms with E-state index in [0.717, 1.165) is 39.1 Å². The molecular formula is C23H46N2O3S. The summed E-state index contributed by atoms with van der Waals surface area (Å²) in [6, 6.07) is 0.251. The minimum atomic E-state index is -1.14. The molecule has 2 saturated heterocycles. The summed E-state index contributed by atoms with van der Waals surface area (Å²) in [5.41, 5.74) is -0.454. The van der Waals surface area contributed by atoms with Crippen LogP contribution in [-0.2, 0) is 8.92 Å². The lowest BCUT2D eigenvalue weighted by atomic mass is 9.84. The van der Waals surface area contributed by atoms with Gasteiger partial charge in [0.05, 0.1) is 12.6 Å². The molecule has 0 aliphatic carbocycles. The highest BCUT2D eigenvalue weighted by Crippen LogP contribution is 2.61. The molecule has 1 N–H and O–H groups in total. The van der Waals surface area contributed by atoms with Gasteiger partial charge >= 0.3 is 6.09 Å². The minimum absolute atomic E-state index is 0.161. The number of carbonyl (C=O) groups excluding carboxylic acids is 1. The van der Waals surface area contributed by atoms with Gasteiger partial charge in [0, 0.05) is 28.8 Å². The topological polar surface area (TPSA) is 50.8 Å². The predicted octanol–water partition coefficient (Wildman–Crippen LogP) is 5.18. The van der Waals surface area contributed by atoms with Crippen molar-refractivity contribution in [1.82, 2.24) is 10.2 Å². The Labute approximate surface area is 181 Å². The highest BCUT2D eigenvalue weighted by atomic mass is 32.3. The molecule has 29 heavy (non-hydrogen) atoms. The quantitative estimate of drug-likeness (QED) is 0.604. The van der Waals surface area contributed by atoms with Gasteiger partial charge in [-0.05, 0) is 52.0 Å². The Morgan fingerprint density at radius 2 is 1.69 bits per heavy atom. The van der Waals surface area contributed by atoms with Gasteiger partial charge in [-0.15, -0.1) is 10.3 Å². The standard InChI is InChI=1S/C23H46N2O3S/c1-16(2)29(17(3)4,18(5)6)27-13-11-19-15-25(22(26)28-23(7,8)9)21-14-24-12-10-20(19)21/h16-21,24H,10-15H2,1-9H3. The highest BCUT2D eigenvalue weighted by Gasteiger charge is 2.46. The minimum Gasteiger partial charge on any atom is -0.444 e. The van der Waals surface area contributed by atoms with Gasteiger partial charge in [-0.3, -0.25) is 0 Å². The molecule has 172 valence electrons. The second kappa shape index (κ2) is 9.78. The van der Waals surface area contributed by atoms with E-state index >= 15 is 0 Å². The van der Waals surface area contributed by atoms with Gasteiger partial charge in [0.25, 0.3) is 0 Å². The average Bonchev–Trinajstić information content (AvgIpc) is 2.95. The summed E-state index contributed by atoms with van der Waals surface area (Å²) in [5, 5.41) is 5.13. The molecule has 3 unspecified atom stereocenters. The van der Waals surface area contributed by atoms with Crippen LogP contribution in [0.2, 0.25) is 0 Å². The first kappa shape index (κ1) is 24.8. The van der Waals surface area contributed by atoms with E-state index in [1.165, 1.54) is 0 Å². The van der Waals surface area contributed by atoms with E-state index in [2.05, 4.69) is 46.9 Å². The normalized spacial score (nSPS) is 26.3. The van der Waals surface area contributed by atoms with E-state index in [-0.39, 0.29) is 12.1 Å². The lowest BCUT2D eigenvalue weighted by Crippen LogP contribution is -2.49. The van der Waals surface area contributed by atoms with Crippen molar-refractivity contribution in [1.29, 1.82) is 0 Å². The van der Waals surface area contributed by atoms with E-state index in [1.54, 1.807) is 0 Å². The molecule has 0 bridgehead atoms. The molecule has 0 spiro atoms. The van der Waals surface area contributed by atoms with E-state index in [9.17, 15) is 4.79 Å². The van der Waals surface area contributed by atoms with Gasteiger partial charge in [0.15, 0.2) is 0 Å². The number of hydrogen-bond acceptors (Lipinski definition) is 4. The van der Waals surface area contributed by atoms with Crippen LogP contribution in [-0.4, -0.2) is 64.6 Å². The molecule has 0 saturated carbocycles. The maximum Gasteiger partial charge on any atom is 0.410 e. The number of likely N-dealkylation sites (tertiary alicyclic amines) is 1. The maximum absolute atomic E-state index is 12.8. The fourth-order valence-corrected chi connectivity index (χ4v) is 9.97. The molecule has 0 aromatic rings. The fraction of sp³-hybridized carbons (Fsp3) is 0.957. The van der Waals surface area contributed by atoms with Crippen molar-refractivity contribution in [2.75, 3.05) is 26.2 Å². The zero-order chi connectivity index (χ0) is 22.0. The monoisotopic (exact) mass is 430 g/mol. The van der Waals surface area contributed by atoms with Crippen LogP contribution >= 0.6 is 10.3 Å². The maximum atomic E-state index is 12.8. The molecule has 2 rings (SSSR count). The third kappa shape index (κ3) is 5.62. The summed E-state index contributed by atoms with van der Waals surface area (Å²) in [4.78, 5) is 14.8. The number of nitrogens with one attached hydrogen (secondary N) is 1. The summed E-state index contributed by atoms with van der Waals surface area (Å²) in [6.07, 6.45) is 2.00. The molecule has 1 amide bonds. The Morgan fingerprint density at radius 3 is 2.21 bits per heavy atom. The van der Waals surface area contributed by atoms with Gasteiger partial charge in [-0.25, -0.2) is 4.79 Å². The largest absolute Gasteiger partial charge is 0.444 e. The molecule has 0 aromatic heterocycles. The molecule has 3 atom stereocenters. The third-order valence-corrected chi connectivity index (χ3v) is 11.5. The first-order valence-electron chi connectivity index (χ1n) is 11.5. The number of hydrogen-bond donors (Lipinski definition) is 1. The molecule has 5 nitrogen and oxygen atoms in total. The van der Waals surface area contributed by atoms with Crippen LogP contribution < -0.4 is 5.32 Å². The lowest BCUT2D eigenvalue weighted by Gasteiger charge is -2.50. The first-order chi connectivity index (χ1) is 13.4. The van der Waals surface area contributed by atoms with E-state index in [4.69, 9.17) is 8.92 Å². The smallest absolute Gasteiger partial charge is 0.410 e. The summed E-state index contributed by atoms with van der Waals surface area (Å²) in [6.45, 7) is 23.2.